The molecule has 1 aliphatic heterocycles. The number of nitrogens with zero attached hydrogens (tertiary/aromatic N) is 3. The van der Waals surface area contributed by atoms with Crippen LogP contribution in [-0.2, 0) is 23.1 Å². The molecule has 1 aromatic heterocycles. The highest BCUT2D eigenvalue weighted by Gasteiger charge is 2.52. The number of ether oxygens (including phenoxy) is 1. The Morgan fingerprint density at radius 3 is 2.08 bits per heavy atom. The predicted octanol–water partition coefficient (Wildman–Crippen LogP) is 8.76. The molecule has 0 bridgehead atoms. The van der Waals surface area contributed by atoms with Crippen LogP contribution in [0.4, 0.5) is 11.5 Å². The predicted molar refractivity (Wildman–Crippen MR) is 213 cm³/mol. The summed E-state index contributed by atoms with van der Waals surface area (Å²) < 4.78 is 14.9. The zero-order valence-corrected chi connectivity index (χ0v) is 32.6. The number of rotatable bonds is 10. The second-order valence-electron chi connectivity index (χ2n) is 16.5. The van der Waals surface area contributed by atoms with Gasteiger partial charge in [0.05, 0.1) is 18.3 Å². The fourth-order valence-corrected chi connectivity index (χ4v) is 12.9. The van der Waals surface area contributed by atoms with Crippen LogP contribution in [-0.4, -0.2) is 42.1 Å². The van der Waals surface area contributed by atoms with Gasteiger partial charge in [-0.1, -0.05) is 99.6 Å². The van der Waals surface area contributed by atoms with E-state index in [4.69, 9.17) is 14.3 Å². The lowest BCUT2D eigenvalue weighted by molar-refractivity contribution is 0.0766. The molecule has 0 spiro atoms. The Morgan fingerprint density at radius 1 is 0.827 bits per heavy atom. The average molecular weight is 713 g/mol. The standard InChI is InChI=1S/C44H52N4O3Si/c1-43(2,3)48-41(45-34-22-20-33-30-47(42(49)39(33)27-34)29-31-18-23-35(50-7)24-19-31)28-40(46-48)32-21-25-36(26-32)51-52(44(4,5)6,37-14-10-8-11-15-37)38-16-12-9-13-17-38/h8-20,22-24,27-28,32,36,45H,21,25-26,29-30H2,1-7H3/t32-,36+/m0/s1. The highest BCUT2D eigenvalue weighted by atomic mass is 28.4. The first-order chi connectivity index (χ1) is 24.9. The van der Waals surface area contributed by atoms with E-state index in [2.05, 4.69) is 130 Å². The van der Waals surface area contributed by atoms with Crippen LogP contribution in [0.1, 0.15) is 93.9 Å². The smallest absolute Gasteiger partial charge is 0.261 e. The molecule has 0 unspecified atom stereocenters. The molecule has 7 rings (SSSR count). The van der Waals surface area contributed by atoms with Crippen molar-refractivity contribution in [2.24, 2.45) is 0 Å². The van der Waals surface area contributed by atoms with Gasteiger partial charge in [-0.3, -0.25) is 4.79 Å². The Kier molecular flexibility index (Phi) is 9.65. The molecule has 0 radical (unpaired) electrons. The van der Waals surface area contributed by atoms with E-state index in [1.165, 1.54) is 10.4 Å². The lowest BCUT2D eigenvalue weighted by atomic mass is 10.0. The largest absolute Gasteiger partial charge is 0.497 e. The number of benzene rings is 4. The minimum Gasteiger partial charge on any atom is -0.497 e. The lowest BCUT2D eigenvalue weighted by Gasteiger charge is -2.44. The third-order valence-electron chi connectivity index (χ3n) is 10.7. The summed E-state index contributed by atoms with van der Waals surface area (Å²) in [7, 11) is -0.990. The van der Waals surface area contributed by atoms with Crippen molar-refractivity contribution in [1.29, 1.82) is 0 Å². The molecule has 0 saturated heterocycles. The number of aromatic nitrogens is 2. The molecule has 7 nitrogen and oxygen atoms in total. The van der Waals surface area contributed by atoms with Gasteiger partial charge in [0.1, 0.15) is 11.6 Å². The molecular formula is C44H52N4O3Si. The molecule has 4 aromatic carbocycles. The van der Waals surface area contributed by atoms with E-state index < -0.39 is 8.32 Å². The van der Waals surface area contributed by atoms with Gasteiger partial charge in [0.2, 0.25) is 0 Å². The van der Waals surface area contributed by atoms with Gasteiger partial charge in [0.15, 0.2) is 0 Å². The molecule has 1 fully saturated rings. The number of carbonyl (C=O) groups is 1. The van der Waals surface area contributed by atoms with Crippen LogP contribution < -0.4 is 20.4 Å². The Hall–Kier alpha value is -4.66. The first-order valence-corrected chi connectivity index (χ1v) is 20.5. The van der Waals surface area contributed by atoms with Crippen molar-refractivity contribution in [2.75, 3.05) is 12.4 Å². The van der Waals surface area contributed by atoms with E-state index in [0.717, 1.165) is 58.9 Å². The summed E-state index contributed by atoms with van der Waals surface area (Å²) in [6.45, 7) is 14.7. The van der Waals surface area contributed by atoms with Crippen LogP contribution >= 0.6 is 0 Å². The molecule has 8 heteroatoms. The summed E-state index contributed by atoms with van der Waals surface area (Å²) in [5.74, 6) is 2.08. The van der Waals surface area contributed by atoms with Gasteiger partial charge >= 0.3 is 0 Å². The van der Waals surface area contributed by atoms with Crippen LogP contribution in [0.25, 0.3) is 0 Å². The average Bonchev–Trinajstić information content (AvgIpc) is 3.85. The summed E-state index contributed by atoms with van der Waals surface area (Å²) in [6.07, 6.45) is 3.10. The number of carbonyl (C=O) groups excluding carboxylic acids is 1. The summed E-state index contributed by atoms with van der Waals surface area (Å²) in [6, 6.07) is 38.1. The Bertz CT molecular complexity index is 1970. The van der Waals surface area contributed by atoms with Crippen molar-refractivity contribution in [3.05, 3.63) is 132 Å². The van der Waals surface area contributed by atoms with Gasteiger partial charge in [0.25, 0.3) is 14.2 Å². The van der Waals surface area contributed by atoms with E-state index in [1.54, 1.807) is 7.11 Å². The molecule has 2 aliphatic rings. The molecule has 2 heterocycles. The molecule has 1 amide bonds. The van der Waals surface area contributed by atoms with E-state index in [-0.39, 0.29) is 22.6 Å². The number of anilines is 2. The first kappa shape index (κ1) is 35.7. The minimum atomic E-state index is -2.65. The maximum atomic E-state index is 13.6. The fraction of sp³-hybridized carbons (Fsp3) is 0.364. The Balaban J connectivity index is 1.11. The Labute approximate surface area is 310 Å². The highest BCUT2D eigenvalue weighted by molar-refractivity contribution is 6.99. The second-order valence-corrected chi connectivity index (χ2v) is 20.7. The number of hydrogen-bond donors (Lipinski definition) is 1. The van der Waals surface area contributed by atoms with E-state index >= 15 is 0 Å². The van der Waals surface area contributed by atoms with Gasteiger partial charge in [-0.05, 0) is 90.8 Å². The molecule has 1 N–H and O–H groups in total. The summed E-state index contributed by atoms with van der Waals surface area (Å²) >= 11 is 0. The fourth-order valence-electron chi connectivity index (χ4n) is 8.12. The summed E-state index contributed by atoms with van der Waals surface area (Å²) in [4.78, 5) is 15.5. The van der Waals surface area contributed by atoms with Crippen LogP contribution in [0.5, 0.6) is 5.75 Å². The van der Waals surface area contributed by atoms with E-state index in [0.29, 0.717) is 19.0 Å². The lowest BCUT2D eigenvalue weighted by Crippen LogP contribution is -2.67. The van der Waals surface area contributed by atoms with Gasteiger partial charge in [-0.2, -0.15) is 5.10 Å². The number of amides is 1. The number of methoxy groups -OCH3 is 1. The van der Waals surface area contributed by atoms with Crippen LogP contribution in [0, 0.1) is 0 Å². The molecule has 52 heavy (non-hydrogen) atoms. The van der Waals surface area contributed by atoms with Gasteiger partial charge in [0, 0.05) is 42.4 Å². The van der Waals surface area contributed by atoms with Gasteiger partial charge in [-0.15, -0.1) is 0 Å². The molecule has 270 valence electrons. The van der Waals surface area contributed by atoms with Crippen molar-refractivity contribution in [3.63, 3.8) is 0 Å². The van der Waals surface area contributed by atoms with Crippen LogP contribution in [0.15, 0.2) is 109 Å². The van der Waals surface area contributed by atoms with Crippen LogP contribution in [0.3, 0.4) is 0 Å². The van der Waals surface area contributed by atoms with Gasteiger partial charge < -0.3 is 19.4 Å². The third kappa shape index (κ3) is 6.94. The molecule has 5 aromatic rings. The Morgan fingerprint density at radius 2 is 1.48 bits per heavy atom. The van der Waals surface area contributed by atoms with Crippen molar-refractivity contribution >= 4 is 36.1 Å². The molecular weight excluding hydrogens is 661 g/mol. The monoisotopic (exact) mass is 712 g/mol. The van der Waals surface area contributed by atoms with Crippen molar-refractivity contribution in [3.8, 4) is 5.75 Å². The summed E-state index contributed by atoms with van der Waals surface area (Å²) in [5, 5.41) is 11.5. The topological polar surface area (TPSA) is 68.6 Å². The molecule has 1 saturated carbocycles. The maximum absolute atomic E-state index is 13.6. The molecule has 1 aliphatic carbocycles. The zero-order valence-electron chi connectivity index (χ0n) is 31.6. The summed E-state index contributed by atoms with van der Waals surface area (Å²) in [5.41, 5.74) is 4.61. The van der Waals surface area contributed by atoms with E-state index in [1.807, 2.05) is 35.2 Å². The van der Waals surface area contributed by atoms with Crippen molar-refractivity contribution in [2.45, 2.75) is 96.5 Å². The SMILES string of the molecule is COc1ccc(CN2Cc3ccc(Nc4cc([C@H]5CC[C@@H](O[Si](c6ccccc6)(c6ccccc6)C(C)(C)C)C5)nn4C(C)(C)C)cc3C2=O)cc1. The van der Waals surface area contributed by atoms with Gasteiger partial charge in [-0.25, -0.2) is 4.68 Å². The van der Waals surface area contributed by atoms with Crippen molar-refractivity contribution < 1.29 is 14.0 Å². The highest BCUT2D eigenvalue weighted by Crippen LogP contribution is 2.43. The van der Waals surface area contributed by atoms with Crippen LogP contribution in [0.2, 0.25) is 5.04 Å². The zero-order chi connectivity index (χ0) is 36.7. The third-order valence-corrected chi connectivity index (χ3v) is 15.8. The quantitative estimate of drug-likeness (QED) is 0.147. The molecule has 2 atom stereocenters. The normalized spacial score (nSPS) is 17.8. The maximum Gasteiger partial charge on any atom is 0.261 e. The van der Waals surface area contributed by atoms with E-state index in [9.17, 15) is 4.79 Å². The van der Waals surface area contributed by atoms with Crippen molar-refractivity contribution in [1.82, 2.24) is 14.7 Å². The number of hydrogen-bond acceptors (Lipinski definition) is 5. The first-order valence-electron chi connectivity index (χ1n) is 18.6. The number of fused-ring (bicyclic) bond motifs is 1. The number of nitrogens with one attached hydrogen (secondary N) is 1. The second kappa shape index (κ2) is 14.0. The minimum absolute atomic E-state index is 0.0531.